The summed E-state index contributed by atoms with van der Waals surface area (Å²) < 4.78 is 37.3. The zero-order valence-corrected chi connectivity index (χ0v) is 4.97. The van der Waals surface area contributed by atoms with Crippen molar-refractivity contribution >= 4 is 0 Å². The van der Waals surface area contributed by atoms with Gasteiger partial charge in [-0.2, -0.15) is 4.39 Å². The second-order valence-electron chi connectivity index (χ2n) is 1.69. The topological polar surface area (TPSA) is 29.5 Å². The third-order valence-electron chi connectivity index (χ3n) is 1.05. The second kappa shape index (κ2) is 2.56. The molecule has 2 nitrogen and oxygen atoms in total. The van der Waals surface area contributed by atoms with E-state index >= 15 is 0 Å². The van der Waals surface area contributed by atoms with E-state index in [0.29, 0.717) is 0 Å². The predicted octanol–water partition coefficient (Wildman–Crippen LogP) is 1.54. The largest absolute Gasteiger partial charge is 0.505 e. The van der Waals surface area contributed by atoms with Crippen LogP contribution in [-0.4, -0.2) is 12.1 Å². The first kappa shape index (κ1) is 3.81. The molecule has 0 saturated carbocycles. The van der Waals surface area contributed by atoms with Gasteiger partial charge in [-0.15, -0.1) is 0 Å². The monoisotopic (exact) mass is 145 g/mol. The number of aromatic hydroxyl groups is 1. The highest BCUT2D eigenvalue weighted by molar-refractivity contribution is 5.34. The van der Waals surface area contributed by atoms with Gasteiger partial charge in [0.15, 0.2) is 11.5 Å². The molecule has 0 saturated heterocycles. The van der Waals surface area contributed by atoms with E-state index in [4.69, 9.17) is 9.22 Å². The molecule has 10 heavy (non-hydrogen) atoms. The molecular weight excluding hydrogens is 135 g/mol. The lowest BCUT2D eigenvalue weighted by atomic mass is 10.3. The first-order valence-electron chi connectivity index (χ1n) is 4.06. The number of hydrogen-bond acceptors (Lipinski definition) is 2. The molecule has 0 heterocycles. The molecule has 0 aliphatic heterocycles. The zero-order valence-electron chi connectivity index (χ0n) is 7.97. The lowest BCUT2D eigenvalue weighted by Crippen LogP contribution is -1.86. The van der Waals surface area contributed by atoms with Crippen LogP contribution >= 0.6 is 0 Å². The summed E-state index contributed by atoms with van der Waals surface area (Å²) in [6, 6.07) is 3.52. The Kier molecular flexibility index (Phi) is 0.974. The van der Waals surface area contributed by atoms with Gasteiger partial charge in [0, 0.05) is 0 Å². The second-order valence-corrected chi connectivity index (χ2v) is 1.69. The Morgan fingerprint density at radius 2 is 2.50 bits per heavy atom. The fourth-order valence-electron chi connectivity index (χ4n) is 0.578. The van der Waals surface area contributed by atoms with Crippen LogP contribution in [0.15, 0.2) is 18.2 Å². The van der Waals surface area contributed by atoms with Crippen LogP contribution in [0.25, 0.3) is 0 Å². The SMILES string of the molecule is [2H]C([2H])([2H])Oc1cccc(O)c1F. The van der Waals surface area contributed by atoms with Gasteiger partial charge < -0.3 is 9.84 Å². The maximum Gasteiger partial charge on any atom is 0.206 e. The van der Waals surface area contributed by atoms with Crippen molar-refractivity contribution in [2.75, 3.05) is 7.04 Å². The maximum atomic E-state index is 12.9. The van der Waals surface area contributed by atoms with Crippen LogP contribution in [0.2, 0.25) is 0 Å². The van der Waals surface area contributed by atoms with E-state index < -0.39 is 24.4 Å². The van der Waals surface area contributed by atoms with E-state index in [-0.39, 0.29) is 0 Å². The minimum Gasteiger partial charge on any atom is -0.505 e. The lowest BCUT2D eigenvalue weighted by molar-refractivity contribution is 0.364. The Balaban J connectivity index is 2.96. The van der Waals surface area contributed by atoms with E-state index in [1.165, 1.54) is 6.07 Å². The quantitative estimate of drug-likeness (QED) is 0.649. The van der Waals surface area contributed by atoms with Gasteiger partial charge in [0.2, 0.25) is 5.82 Å². The molecule has 0 fully saturated rings. The fourth-order valence-corrected chi connectivity index (χ4v) is 0.578. The van der Waals surface area contributed by atoms with Gasteiger partial charge in [-0.25, -0.2) is 0 Å². The minimum absolute atomic E-state index is 0.486. The van der Waals surface area contributed by atoms with Gasteiger partial charge in [0.05, 0.1) is 11.2 Å². The third kappa shape index (κ3) is 1.03. The van der Waals surface area contributed by atoms with Gasteiger partial charge >= 0.3 is 0 Å². The van der Waals surface area contributed by atoms with Gasteiger partial charge in [0.1, 0.15) is 0 Å². The Morgan fingerprint density at radius 1 is 1.70 bits per heavy atom. The molecule has 0 atom stereocenters. The number of phenols is 1. The first-order valence-corrected chi connectivity index (χ1v) is 2.56. The van der Waals surface area contributed by atoms with Gasteiger partial charge in [-0.3, -0.25) is 0 Å². The normalized spacial score (nSPS) is 15.1. The van der Waals surface area contributed by atoms with Crippen molar-refractivity contribution in [1.82, 2.24) is 0 Å². The third-order valence-corrected chi connectivity index (χ3v) is 1.05. The van der Waals surface area contributed by atoms with Crippen molar-refractivity contribution in [2.24, 2.45) is 0 Å². The van der Waals surface area contributed by atoms with Crippen molar-refractivity contribution < 1.29 is 18.3 Å². The van der Waals surface area contributed by atoms with E-state index in [9.17, 15) is 4.39 Å². The number of phenolic OH excluding ortho intramolecular Hbond substituents is 1. The van der Waals surface area contributed by atoms with E-state index in [1.807, 2.05) is 0 Å². The summed E-state index contributed by atoms with van der Waals surface area (Å²) in [5.74, 6) is -2.19. The van der Waals surface area contributed by atoms with Crippen LogP contribution in [0.3, 0.4) is 0 Å². The highest BCUT2D eigenvalue weighted by Crippen LogP contribution is 2.23. The Morgan fingerprint density at radius 3 is 3.20 bits per heavy atom. The molecule has 1 N–H and O–H groups in total. The molecule has 1 rings (SSSR count). The van der Waals surface area contributed by atoms with E-state index in [1.54, 1.807) is 0 Å². The molecular formula is C7H7FO2. The Labute approximate surface area is 62.1 Å². The van der Waals surface area contributed by atoms with Crippen LogP contribution in [0, 0.1) is 5.82 Å². The van der Waals surface area contributed by atoms with Crippen molar-refractivity contribution in [3.05, 3.63) is 24.0 Å². The zero-order chi connectivity index (χ0) is 10.1. The maximum absolute atomic E-state index is 12.9. The Bertz CT molecular complexity index is 311. The van der Waals surface area contributed by atoms with Gasteiger partial charge in [0.25, 0.3) is 0 Å². The average Bonchev–Trinajstić information content (AvgIpc) is 1.96. The molecule has 0 amide bonds. The van der Waals surface area contributed by atoms with Crippen molar-refractivity contribution in [2.45, 2.75) is 0 Å². The smallest absolute Gasteiger partial charge is 0.206 e. The molecule has 3 heteroatoms. The molecule has 0 spiro atoms. The molecule has 1 aromatic carbocycles. The van der Waals surface area contributed by atoms with Crippen LogP contribution < -0.4 is 4.74 Å². The standard InChI is InChI=1S/C7H7FO2/c1-10-6-4-2-3-5(9)7(6)8/h2-4,9H,1H3/i1D3. The van der Waals surface area contributed by atoms with Gasteiger partial charge in [-0.05, 0) is 12.1 Å². The first-order chi connectivity index (χ1) is 5.90. The average molecular weight is 145 g/mol. The summed E-state index contributed by atoms with van der Waals surface area (Å²) in [5, 5.41) is 8.86. The van der Waals surface area contributed by atoms with E-state index in [0.717, 1.165) is 12.1 Å². The van der Waals surface area contributed by atoms with Crippen LogP contribution in [0.5, 0.6) is 11.5 Å². The summed E-state index contributed by atoms with van der Waals surface area (Å²) in [6.45, 7) is 0. The van der Waals surface area contributed by atoms with E-state index in [2.05, 4.69) is 4.74 Å². The molecule has 0 radical (unpaired) electrons. The Hall–Kier alpha value is -1.25. The van der Waals surface area contributed by atoms with Crippen LogP contribution in [0.1, 0.15) is 4.11 Å². The summed E-state index contributed by atoms with van der Waals surface area (Å²) in [7, 11) is -2.71. The van der Waals surface area contributed by atoms with Crippen molar-refractivity contribution in [3.8, 4) is 11.5 Å². The molecule has 0 aliphatic rings. The highest BCUT2D eigenvalue weighted by Gasteiger charge is 2.04. The highest BCUT2D eigenvalue weighted by atomic mass is 19.1. The number of rotatable bonds is 1. The molecule has 0 aromatic heterocycles. The number of ether oxygens (including phenoxy) is 1. The predicted molar refractivity (Wildman–Crippen MR) is 34.6 cm³/mol. The lowest BCUT2D eigenvalue weighted by Gasteiger charge is -2.00. The number of halogens is 1. The number of methoxy groups -OCH3 is 1. The molecule has 1 aromatic rings. The molecule has 0 unspecified atom stereocenters. The summed E-state index contributed by atoms with van der Waals surface area (Å²) >= 11 is 0. The summed E-state index contributed by atoms with van der Waals surface area (Å²) in [5.41, 5.74) is 0. The molecule has 0 bridgehead atoms. The number of benzene rings is 1. The fraction of sp³-hybridized carbons (Fsp3) is 0.143. The minimum atomic E-state index is -2.71. The number of hydrogen-bond donors (Lipinski definition) is 1. The van der Waals surface area contributed by atoms with Crippen LogP contribution in [-0.2, 0) is 0 Å². The van der Waals surface area contributed by atoms with Crippen molar-refractivity contribution in [1.29, 1.82) is 0 Å². The van der Waals surface area contributed by atoms with Gasteiger partial charge in [-0.1, -0.05) is 6.07 Å². The summed E-state index contributed by atoms with van der Waals surface area (Å²) in [4.78, 5) is 0. The molecule has 0 aliphatic carbocycles. The molecule has 54 valence electrons. The summed E-state index contributed by atoms with van der Waals surface area (Å²) in [6.07, 6.45) is 0. The van der Waals surface area contributed by atoms with Crippen LogP contribution in [0.4, 0.5) is 4.39 Å². The van der Waals surface area contributed by atoms with Crippen molar-refractivity contribution in [3.63, 3.8) is 0 Å².